The van der Waals surface area contributed by atoms with Crippen LogP contribution in [0.15, 0.2) is 36.5 Å². The highest BCUT2D eigenvalue weighted by atomic mass is 19.1. The molecular formula is C35H50FN5O4. The summed E-state index contributed by atoms with van der Waals surface area (Å²) in [5.41, 5.74) is 1.17. The molecule has 2 aromatic rings. The molecule has 0 spiro atoms. The summed E-state index contributed by atoms with van der Waals surface area (Å²) in [5.74, 6) is -2.49. The molecule has 1 aliphatic heterocycles. The lowest BCUT2D eigenvalue weighted by Gasteiger charge is -2.36. The predicted octanol–water partition coefficient (Wildman–Crippen LogP) is 5.22. The van der Waals surface area contributed by atoms with E-state index in [0.29, 0.717) is 30.9 Å². The molecule has 1 aromatic heterocycles. The van der Waals surface area contributed by atoms with E-state index in [1.54, 1.807) is 24.0 Å². The van der Waals surface area contributed by atoms with E-state index < -0.39 is 23.7 Å². The van der Waals surface area contributed by atoms with Crippen molar-refractivity contribution in [3.8, 4) is 0 Å². The Morgan fingerprint density at radius 2 is 1.67 bits per heavy atom. The third-order valence-electron chi connectivity index (χ3n) is 9.66. The van der Waals surface area contributed by atoms with Gasteiger partial charge in [-0.1, -0.05) is 45.6 Å². The van der Waals surface area contributed by atoms with Crippen LogP contribution in [0.5, 0.6) is 0 Å². The molecule has 2 aliphatic rings. The number of halogens is 1. The Labute approximate surface area is 266 Å². The summed E-state index contributed by atoms with van der Waals surface area (Å²) in [7, 11) is 2.01. The van der Waals surface area contributed by atoms with Gasteiger partial charge in [-0.05, 0) is 62.6 Å². The van der Waals surface area contributed by atoms with Gasteiger partial charge in [-0.15, -0.1) is 0 Å². The lowest BCUT2D eigenvalue weighted by Crippen LogP contribution is -2.55. The maximum absolute atomic E-state index is 15.6. The predicted molar refractivity (Wildman–Crippen MR) is 173 cm³/mol. The molecule has 0 bridgehead atoms. The van der Waals surface area contributed by atoms with E-state index in [2.05, 4.69) is 15.5 Å². The molecule has 4 rings (SSSR count). The van der Waals surface area contributed by atoms with Crippen molar-refractivity contribution in [3.05, 3.63) is 53.6 Å². The van der Waals surface area contributed by atoms with Crippen LogP contribution in [-0.4, -0.2) is 77.1 Å². The first-order valence-corrected chi connectivity index (χ1v) is 16.7. The van der Waals surface area contributed by atoms with Gasteiger partial charge in [0.15, 0.2) is 5.78 Å². The van der Waals surface area contributed by atoms with Crippen LogP contribution in [-0.2, 0) is 20.9 Å². The first-order chi connectivity index (χ1) is 21.6. The van der Waals surface area contributed by atoms with Gasteiger partial charge in [0.2, 0.25) is 17.7 Å². The molecular weight excluding hydrogens is 573 g/mol. The Morgan fingerprint density at radius 1 is 0.978 bits per heavy atom. The Balaban J connectivity index is 1.52. The van der Waals surface area contributed by atoms with Crippen LogP contribution in [0, 0.1) is 17.7 Å². The lowest BCUT2D eigenvalue weighted by molar-refractivity contribution is -0.138. The van der Waals surface area contributed by atoms with Crippen molar-refractivity contribution in [2.45, 2.75) is 90.6 Å². The largest absolute Gasteiger partial charge is 0.345 e. The second-order valence-corrected chi connectivity index (χ2v) is 12.7. The Hall–Kier alpha value is -3.53. The number of benzene rings is 1. The van der Waals surface area contributed by atoms with Crippen LogP contribution < -0.4 is 10.6 Å². The van der Waals surface area contributed by atoms with Crippen molar-refractivity contribution in [1.82, 2.24) is 19.7 Å². The molecule has 1 aliphatic carbocycles. The van der Waals surface area contributed by atoms with E-state index in [9.17, 15) is 19.2 Å². The zero-order valence-electron chi connectivity index (χ0n) is 27.3. The van der Waals surface area contributed by atoms with Gasteiger partial charge in [-0.3, -0.25) is 19.2 Å². The van der Waals surface area contributed by atoms with Crippen molar-refractivity contribution >= 4 is 29.2 Å². The third-order valence-corrected chi connectivity index (χ3v) is 9.66. The maximum atomic E-state index is 15.6. The van der Waals surface area contributed by atoms with Gasteiger partial charge in [0, 0.05) is 63.6 Å². The number of aryl methyl sites for hydroxylation is 1. The normalized spacial score (nSPS) is 18.5. The van der Waals surface area contributed by atoms with Crippen molar-refractivity contribution in [2.24, 2.45) is 11.8 Å². The molecule has 9 nitrogen and oxygen atoms in total. The number of ketones is 1. The summed E-state index contributed by atoms with van der Waals surface area (Å²) in [6.45, 7) is 8.79. The number of rotatable bonds is 12. The minimum atomic E-state index is -0.839. The molecule has 246 valence electrons. The molecule has 10 heteroatoms. The van der Waals surface area contributed by atoms with Crippen LogP contribution in [0.1, 0.15) is 94.1 Å². The zero-order chi connectivity index (χ0) is 32.5. The average molecular weight is 624 g/mol. The molecule has 1 saturated carbocycles. The number of piperazine rings is 1. The standard InChI is InChI=1S/C35H50FN5O4/c1-5-32(43)38-33(35(45)41-20-18-39(4)19-21-41)24(3)26-15-16-29(28(36)22-26)37-34(44)27(25-12-9-7-8-10-13-25)23-31(42)30-14-11-17-40(30)6-2/h11,14-17,22,24-25,27,33H,5-10,12-13,18-21,23H2,1-4H3,(H,37,44)(H,38,43)/t24-,27-,33+/m0/s1. The van der Waals surface area contributed by atoms with Gasteiger partial charge < -0.3 is 25.0 Å². The van der Waals surface area contributed by atoms with Crippen LogP contribution in [0.2, 0.25) is 0 Å². The monoisotopic (exact) mass is 623 g/mol. The number of amides is 3. The first-order valence-electron chi connectivity index (χ1n) is 16.7. The second kappa shape index (κ2) is 16.2. The second-order valence-electron chi connectivity index (χ2n) is 12.7. The van der Waals surface area contributed by atoms with Crippen molar-refractivity contribution < 1.29 is 23.6 Å². The lowest BCUT2D eigenvalue weighted by atomic mass is 9.81. The Kier molecular flexibility index (Phi) is 12.3. The minimum absolute atomic E-state index is 0.0403. The number of carbonyl (C=O) groups excluding carboxylic acids is 4. The Bertz CT molecular complexity index is 1330. The number of nitrogens with one attached hydrogen (secondary N) is 2. The van der Waals surface area contributed by atoms with Crippen molar-refractivity contribution in [2.75, 3.05) is 38.5 Å². The van der Waals surface area contributed by atoms with Crippen molar-refractivity contribution in [3.63, 3.8) is 0 Å². The fourth-order valence-electron chi connectivity index (χ4n) is 6.67. The van der Waals surface area contributed by atoms with Crippen LogP contribution in [0.25, 0.3) is 0 Å². The molecule has 2 N–H and O–H groups in total. The number of carbonyl (C=O) groups is 4. The van der Waals surface area contributed by atoms with Crippen LogP contribution in [0.4, 0.5) is 10.1 Å². The highest BCUT2D eigenvalue weighted by molar-refractivity contribution is 6.00. The van der Waals surface area contributed by atoms with Crippen LogP contribution in [0.3, 0.4) is 0 Å². The molecule has 1 saturated heterocycles. The Morgan fingerprint density at radius 3 is 2.29 bits per heavy atom. The third kappa shape index (κ3) is 8.81. The number of anilines is 1. The van der Waals surface area contributed by atoms with Gasteiger partial charge in [0.25, 0.3) is 0 Å². The molecule has 3 atom stereocenters. The SMILES string of the molecule is CCC(=O)N[C@@H](C(=O)N1CCN(C)CC1)[C@@H](C)c1ccc(NC(=O)[C@@H](CC(=O)c2cccn2CC)C2CCCCCC2)c(F)c1. The summed E-state index contributed by atoms with van der Waals surface area (Å²) >= 11 is 0. The zero-order valence-corrected chi connectivity index (χ0v) is 27.3. The van der Waals surface area contributed by atoms with Crippen molar-refractivity contribution in [1.29, 1.82) is 0 Å². The fourth-order valence-corrected chi connectivity index (χ4v) is 6.67. The molecule has 1 aromatic carbocycles. The maximum Gasteiger partial charge on any atom is 0.245 e. The number of Topliss-reactive ketones (excluding diaryl/α,β-unsaturated/α-hetero) is 1. The first kappa shape index (κ1) is 34.3. The summed E-state index contributed by atoms with van der Waals surface area (Å²) in [6, 6.07) is 7.35. The molecule has 2 heterocycles. The smallest absolute Gasteiger partial charge is 0.245 e. The number of likely N-dealkylation sites (N-methyl/N-ethyl adjacent to an activating group) is 1. The van der Waals surface area contributed by atoms with Gasteiger partial charge in [0.1, 0.15) is 11.9 Å². The van der Waals surface area contributed by atoms with E-state index in [1.165, 1.54) is 12.1 Å². The van der Waals surface area contributed by atoms with E-state index >= 15 is 4.39 Å². The fraction of sp³-hybridized carbons (Fsp3) is 0.600. The topological polar surface area (TPSA) is 104 Å². The van der Waals surface area contributed by atoms with Gasteiger partial charge in [-0.25, -0.2) is 4.39 Å². The van der Waals surface area contributed by atoms with Gasteiger partial charge >= 0.3 is 0 Å². The highest BCUT2D eigenvalue weighted by Crippen LogP contribution is 2.33. The van der Waals surface area contributed by atoms with E-state index in [-0.39, 0.29) is 48.0 Å². The molecule has 2 fully saturated rings. The summed E-state index contributed by atoms with van der Waals surface area (Å²) in [6.07, 6.45) is 8.15. The highest BCUT2D eigenvalue weighted by Gasteiger charge is 2.34. The number of aromatic nitrogens is 1. The number of hydrogen-bond donors (Lipinski definition) is 2. The molecule has 45 heavy (non-hydrogen) atoms. The molecule has 0 radical (unpaired) electrons. The summed E-state index contributed by atoms with van der Waals surface area (Å²) in [4.78, 5) is 57.0. The van der Waals surface area contributed by atoms with E-state index in [4.69, 9.17) is 0 Å². The average Bonchev–Trinajstić information content (AvgIpc) is 3.37. The quantitative estimate of drug-likeness (QED) is 0.249. The van der Waals surface area contributed by atoms with Gasteiger partial charge in [-0.2, -0.15) is 0 Å². The molecule has 3 amide bonds. The number of nitrogens with zero attached hydrogens (tertiary/aromatic N) is 3. The molecule has 0 unspecified atom stereocenters. The summed E-state index contributed by atoms with van der Waals surface area (Å²) < 4.78 is 17.5. The van der Waals surface area contributed by atoms with Gasteiger partial charge in [0.05, 0.1) is 11.4 Å². The summed E-state index contributed by atoms with van der Waals surface area (Å²) in [5, 5.41) is 5.66. The van der Waals surface area contributed by atoms with Crippen LogP contribution >= 0.6 is 0 Å². The number of hydrogen-bond acceptors (Lipinski definition) is 5. The van der Waals surface area contributed by atoms with E-state index in [0.717, 1.165) is 51.6 Å². The van der Waals surface area contributed by atoms with E-state index in [1.807, 2.05) is 37.7 Å². The minimum Gasteiger partial charge on any atom is -0.345 e.